The number of esters is 4. The van der Waals surface area contributed by atoms with E-state index in [4.69, 9.17) is 68.6 Å². The number of aliphatic hydroxyl groups is 4. The normalized spacial score (nSPS) is 10.4. The summed E-state index contributed by atoms with van der Waals surface area (Å²) in [6, 6.07) is 30.7. The fourth-order valence-electron chi connectivity index (χ4n) is 10.2. The van der Waals surface area contributed by atoms with E-state index in [0.717, 1.165) is 69.7 Å². The number of aryl methyl sites for hydroxylation is 4. The number of nitrogens with two attached hydrogens (primary N) is 1. The monoisotopic (exact) mass is 1830 g/mol. The number of rotatable bonds is 40. The van der Waals surface area contributed by atoms with Crippen LogP contribution in [0.4, 0.5) is 82.6 Å². The van der Waals surface area contributed by atoms with E-state index in [1.165, 1.54) is 27.7 Å². The molecule has 45 heteroatoms. The number of halogens is 2. The SMILES string of the molecule is C=CC(=O)OCCN(CCOC(=O)C=C)c1ccc(N=Nc2snc(C)c2C#N)c(NC(C)=O)c1.CC(=O)Nc1cc(N(CCO)CCO)ccc1N=Nc1snc(C)c1C#N.CC(=O)Nc1cc(N(CCOC(=O)CCCl)CCOC(=O)CCCl)ccc1N=Nc1snc(C)c1C#N.CC(=O)Nc1cccc(N(CCO)CCO)c1.Cc1nsc(N)c1C#N. The van der Waals surface area contributed by atoms with Gasteiger partial charge in [0.05, 0.1) is 105 Å². The van der Waals surface area contributed by atoms with E-state index in [9.17, 15) is 59.1 Å². The number of azo groups is 3. The highest BCUT2D eigenvalue weighted by Gasteiger charge is 2.20. The maximum absolute atomic E-state index is 11.9. The predicted octanol–water partition coefficient (Wildman–Crippen LogP) is 12.6. The number of nitrogens with zero attached hydrogens (tertiary/aromatic N) is 18. The zero-order chi connectivity index (χ0) is 92.3. The highest BCUT2D eigenvalue weighted by Crippen LogP contribution is 2.38. The summed E-state index contributed by atoms with van der Waals surface area (Å²) in [6.07, 6.45) is 2.31. The summed E-state index contributed by atoms with van der Waals surface area (Å²) in [4.78, 5) is 99.6. The van der Waals surface area contributed by atoms with Gasteiger partial charge in [-0.3, -0.25) is 28.8 Å². The van der Waals surface area contributed by atoms with Crippen molar-refractivity contribution >= 4 is 199 Å². The summed E-state index contributed by atoms with van der Waals surface area (Å²) in [5.74, 6) is -2.70. The van der Waals surface area contributed by atoms with Crippen molar-refractivity contribution in [3.63, 3.8) is 0 Å². The highest BCUT2D eigenvalue weighted by atomic mass is 35.5. The van der Waals surface area contributed by atoms with Crippen molar-refractivity contribution in [2.24, 2.45) is 30.7 Å². The number of carbonyl (C=O) groups excluding carboxylic acids is 8. The van der Waals surface area contributed by atoms with E-state index in [1.807, 2.05) is 46.2 Å². The lowest BCUT2D eigenvalue weighted by Crippen LogP contribution is -2.32. The molecule has 0 aliphatic rings. The van der Waals surface area contributed by atoms with Gasteiger partial charge in [0.1, 0.15) is 95.0 Å². The molecule has 662 valence electrons. The molecular weight excluding hydrogens is 1740 g/mol. The molecule has 8 rings (SSSR count). The van der Waals surface area contributed by atoms with Gasteiger partial charge in [0.25, 0.3) is 0 Å². The first-order chi connectivity index (χ1) is 60.0. The number of nitrogens with one attached hydrogen (secondary N) is 4. The minimum Gasteiger partial charge on any atom is -0.464 e. The Morgan fingerprint density at radius 3 is 1.00 bits per heavy atom. The number of carbonyl (C=O) groups is 8. The van der Waals surface area contributed by atoms with Gasteiger partial charge >= 0.3 is 23.9 Å². The van der Waals surface area contributed by atoms with E-state index in [1.54, 1.807) is 98.2 Å². The minimum absolute atomic E-state index is 0.0182. The molecule has 0 unspecified atom stereocenters. The summed E-state index contributed by atoms with van der Waals surface area (Å²) in [7, 11) is 0. The first-order valence-electron chi connectivity index (χ1n) is 37.5. The molecule has 0 fully saturated rings. The van der Waals surface area contributed by atoms with Crippen molar-refractivity contribution in [1.82, 2.24) is 17.5 Å². The summed E-state index contributed by atoms with van der Waals surface area (Å²) in [5.41, 5.74) is 15.3. The van der Waals surface area contributed by atoms with Gasteiger partial charge in [-0.05, 0) is 147 Å². The molecule has 0 aliphatic carbocycles. The summed E-state index contributed by atoms with van der Waals surface area (Å²) in [5, 5.41) is 110. The van der Waals surface area contributed by atoms with Crippen molar-refractivity contribution < 1.29 is 77.7 Å². The molecule has 0 saturated heterocycles. The number of amides is 4. The minimum atomic E-state index is -0.562. The molecular formula is C80H93Cl2N23O16S4. The van der Waals surface area contributed by atoms with Crippen LogP contribution in [0.25, 0.3) is 0 Å². The van der Waals surface area contributed by atoms with Crippen LogP contribution < -0.4 is 46.6 Å². The second kappa shape index (κ2) is 57.2. The van der Waals surface area contributed by atoms with Crippen molar-refractivity contribution in [2.75, 3.05) is 164 Å². The lowest BCUT2D eigenvalue weighted by Gasteiger charge is -2.25. The number of hydrogen-bond donors (Lipinski definition) is 9. The predicted molar refractivity (Wildman–Crippen MR) is 478 cm³/mol. The van der Waals surface area contributed by atoms with E-state index < -0.39 is 23.9 Å². The standard InChI is InChI=1S/C23H26Cl2N6O5S.C23H24N6O5S.C17H20N6O3S.C12H18N2O3.C5H5N3S/c1-15-18(14-26)23(37-30-15)29-28-19-4-3-17(13-20(19)27-16(2)32)31(9-11-35-21(33)5-7-24)10-12-36-22(34)6-8-25;1-5-21(31)33-11-9-29(10-12-34-22(32)6-2)17-7-8-19(20(13-17)25-16(4)30)26-27-23-18(14-24)15(3)28-35-23;1-11-14(10-18)17(27-22-11)21-20-15-4-3-13(9-16(15)19-12(2)26)23(5-7-24)6-8-25;1-10(17)13-11-3-2-4-12(9-11)14(5-7-15)6-8-16;1-3-4(2-6)5(7)9-8-3/h3-4,13H,5-12H2,1-2H3,(H,27,32);5-8,13H,1-2,9-12H2,3-4H3,(H,25,30);3-4,9,24-25H,5-8H2,1-2H3,(H,19,26);2-4,9,15-16H,5-8H2,1H3,(H,13,17);7H2,1H3. The van der Waals surface area contributed by atoms with Crippen LogP contribution in [0.5, 0.6) is 0 Å². The Bertz CT molecular complexity index is 5160. The second-order valence-electron chi connectivity index (χ2n) is 25.2. The number of alkyl halides is 2. The second-order valence-corrected chi connectivity index (χ2v) is 29.0. The zero-order valence-corrected chi connectivity index (χ0v) is 74.2. The number of nitriles is 4. The Hall–Kier alpha value is -13.2. The van der Waals surface area contributed by atoms with Gasteiger partial charge in [-0.2, -0.15) is 38.5 Å². The third-order valence-corrected chi connectivity index (χ3v) is 19.6. The van der Waals surface area contributed by atoms with E-state index >= 15 is 0 Å². The number of benzene rings is 4. The third-order valence-electron chi connectivity index (χ3n) is 16.0. The maximum Gasteiger partial charge on any atom is 0.330 e. The number of nitrogen functional groups attached to an aromatic ring is 1. The van der Waals surface area contributed by atoms with E-state index in [2.05, 4.69) is 88.7 Å². The molecule has 10 N–H and O–H groups in total. The molecule has 4 aromatic heterocycles. The Morgan fingerprint density at radius 1 is 0.432 bits per heavy atom. The van der Waals surface area contributed by atoms with Crippen LogP contribution in [-0.4, -0.2) is 202 Å². The van der Waals surface area contributed by atoms with E-state index in [0.29, 0.717) is 142 Å². The smallest absolute Gasteiger partial charge is 0.330 e. The molecule has 4 aromatic carbocycles. The fraction of sp³-hybridized carbons (Fsp3) is 0.350. The Labute approximate surface area is 747 Å². The van der Waals surface area contributed by atoms with Gasteiger partial charge in [0, 0.05) is 106 Å². The molecule has 39 nitrogen and oxygen atoms in total. The molecule has 0 radical (unpaired) electrons. The molecule has 0 bridgehead atoms. The number of hydrogen-bond acceptors (Lipinski definition) is 39. The first-order valence-corrected chi connectivity index (χ1v) is 41.7. The van der Waals surface area contributed by atoms with Gasteiger partial charge in [-0.1, -0.05) is 19.2 Å². The van der Waals surface area contributed by atoms with Crippen molar-refractivity contribution in [3.8, 4) is 24.3 Å². The summed E-state index contributed by atoms with van der Waals surface area (Å²) >= 11 is 15.5. The summed E-state index contributed by atoms with van der Waals surface area (Å²) in [6.45, 7) is 22.0. The molecule has 125 heavy (non-hydrogen) atoms. The molecule has 8 aromatic rings. The number of anilines is 9. The van der Waals surface area contributed by atoms with Gasteiger partial charge in [0.2, 0.25) is 23.6 Å². The van der Waals surface area contributed by atoms with Gasteiger partial charge < -0.3 is 86.0 Å². The van der Waals surface area contributed by atoms with Crippen LogP contribution in [0.2, 0.25) is 0 Å². The van der Waals surface area contributed by atoms with Gasteiger partial charge in [-0.25, -0.2) is 9.59 Å². The van der Waals surface area contributed by atoms with Crippen molar-refractivity contribution in [3.05, 3.63) is 149 Å². The Morgan fingerprint density at radius 2 is 0.728 bits per heavy atom. The number of aromatic nitrogens is 4. The maximum atomic E-state index is 11.9. The van der Waals surface area contributed by atoms with Crippen LogP contribution in [0.1, 0.15) is 85.6 Å². The lowest BCUT2D eigenvalue weighted by molar-refractivity contribution is -0.143. The Kier molecular flexibility index (Phi) is 47.7. The number of ether oxygens (including phenoxy) is 4. The molecule has 4 amide bonds. The zero-order valence-electron chi connectivity index (χ0n) is 69.4. The van der Waals surface area contributed by atoms with E-state index in [-0.39, 0.29) is 127 Å². The fourth-order valence-corrected chi connectivity index (χ4v) is 13.1. The molecule has 4 heterocycles. The topological polar surface area (TPSA) is 562 Å². The van der Waals surface area contributed by atoms with Crippen LogP contribution in [-0.2, 0) is 57.3 Å². The molecule has 0 atom stereocenters. The van der Waals surface area contributed by atoms with Gasteiger partial charge in [0.15, 0.2) is 15.0 Å². The van der Waals surface area contributed by atoms with Crippen LogP contribution >= 0.6 is 69.3 Å². The van der Waals surface area contributed by atoms with Crippen LogP contribution in [0.15, 0.2) is 135 Å². The largest absolute Gasteiger partial charge is 0.464 e. The average molecular weight is 1830 g/mol. The molecule has 0 saturated carbocycles. The van der Waals surface area contributed by atoms with Gasteiger partial charge in [-0.15, -0.1) is 53.9 Å². The summed E-state index contributed by atoms with van der Waals surface area (Å²) < 4.78 is 36.7. The molecule has 0 spiro atoms. The number of aliphatic hydroxyl groups excluding tert-OH is 4. The average Bonchev–Trinajstić information content (AvgIpc) is 1.57. The van der Waals surface area contributed by atoms with Crippen LogP contribution in [0, 0.1) is 73.0 Å². The quantitative estimate of drug-likeness (QED) is 0.00566. The third kappa shape index (κ3) is 36.8. The van der Waals surface area contributed by atoms with Crippen LogP contribution in [0.3, 0.4) is 0 Å². The van der Waals surface area contributed by atoms with Crippen molar-refractivity contribution in [1.29, 1.82) is 21.0 Å². The Balaban J connectivity index is 0.000000346. The first kappa shape index (κ1) is 104. The highest BCUT2D eigenvalue weighted by molar-refractivity contribution is 7.11. The lowest BCUT2D eigenvalue weighted by atomic mass is 10.2. The molecule has 0 aliphatic heterocycles. The van der Waals surface area contributed by atoms with Crippen molar-refractivity contribution in [2.45, 2.75) is 68.2 Å².